The van der Waals surface area contributed by atoms with E-state index in [0.29, 0.717) is 16.8 Å². The van der Waals surface area contributed by atoms with E-state index in [0.717, 1.165) is 6.54 Å². The van der Waals surface area contributed by atoms with Gasteiger partial charge in [0.15, 0.2) is 0 Å². The number of rotatable bonds is 7. The van der Waals surface area contributed by atoms with Crippen molar-refractivity contribution >= 4 is 12.0 Å². The van der Waals surface area contributed by atoms with Gasteiger partial charge in [0, 0.05) is 32.4 Å². The van der Waals surface area contributed by atoms with Gasteiger partial charge in [-0.3, -0.25) is 0 Å². The topological polar surface area (TPSA) is 39.1 Å². The second-order valence-electron chi connectivity index (χ2n) is 7.51. The minimum absolute atomic E-state index is 0.0585. The summed E-state index contributed by atoms with van der Waals surface area (Å²) < 4.78 is 13.9. The molecule has 138 valence electrons. The van der Waals surface area contributed by atoms with E-state index in [1.807, 2.05) is 48.3 Å². The van der Waals surface area contributed by atoms with E-state index < -0.39 is 0 Å². The molecule has 0 amide bonds. The molecular formula is C20H30FN3O. The van der Waals surface area contributed by atoms with E-state index in [9.17, 15) is 9.50 Å². The molecule has 0 aliphatic carbocycles. The lowest BCUT2D eigenvalue weighted by Gasteiger charge is -2.26. The molecule has 5 heteroatoms. The Morgan fingerprint density at radius 1 is 1.28 bits per heavy atom. The predicted octanol–water partition coefficient (Wildman–Crippen LogP) is 3.88. The second-order valence-corrected chi connectivity index (χ2v) is 7.51. The Kier molecular flexibility index (Phi) is 7.84. The maximum absolute atomic E-state index is 13.9. The number of nitrogens with zero attached hydrogens (tertiary/aromatic N) is 3. The van der Waals surface area contributed by atoms with Crippen LogP contribution in [0, 0.1) is 18.2 Å². The van der Waals surface area contributed by atoms with Crippen LogP contribution in [0.25, 0.3) is 5.70 Å². The van der Waals surface area contributed by atoms with E-state index in [1.54, 1.807) is 19.3 Å². The first kappa shape index (κ1) is 20.9. The lowest BCUT2D eigenvalue weighted by molar-refractivity contribution is 0.118. The molecule has 0 fully saturated rings. The number of aliphatic imine (C=N–C) groups is 1. The molecule has 1 aromatic carbocycles. The lowest BCUT2D eigenvalue weighted by Crippen LogP contribution is -2.29. The molecule has 0 heterocycles. The van der Waals surface area contributed by atoms with E-state index in [2.05, 4.69) is 25.8 Å². The number of allylic oxidation sites excluding steroid dienone is 2. The van der Waals surface area contributed by atoms with E-state index >= 15 is 0 Å². The molecule has 0 atom stereocenters. The van der Waals surface area contributed by atoms with Gasteiger partial charge >= 0.3 is 0 Å². The monoisotopic (exact) mass is 347 g/mol. The fourth-order valence-corrected chi connectivity index (χ4v) is 2.16. The third-order valence-electron chi connectivity index (χ3n) is 3.31. The van der Waals surface area contributed by atoms with Crippen molar-refractivity contribution < 1.29 is 9.50 Å². The van der Waals surface area contributed by atoms with E-state index in [4.69, 9.17) is 0 Å². The van der Waals surface area contributed by atoms with Crippen molar-refractivity contribution in [1.82, 2.24) is 9.80 Å². The fraction of sp³-hybridized carbons (Fsp3) is 0.450. The Hall–Kier alpha value is -2.14. The summed E-state index contributed by atoms with van der Waals surface area (Å²) in [6.45, 7) is 8.74. The van der Waals surface area contributed by atoms with Crippen LogP contribution in [0.2, 0.25) is 0 Å². The van der Waals surface area contributed by atoms with Crippen LogP contribution in [0.15, 0.2) is 41.5 Å². The highest BCUT2D eigenvalue weighted by Gasteiger charge is 2.13. The summed E-state index contributed by atoms with van der Waals surface area (Å²) in [4.78, 5) is 8.06. The largest absolute Gasteiger partial charge is 0.376 e. The normalized spacial score (nSPS) is 13.0. The third-order valence-corrected chi connectivity index (χ3v) is 3.31. The molecule has 0 bridgehead atoms. The molecular weight excluding hydrogens is 317 g/mol. The van der Waals surface area contributed by atoms with E-state index in [-0.39, 0.29) is 18.0 Å². The lowest BCUT2D eigenvalue weighted by atomic mass is 9.96. The van der Waals surface area contributed by atoms with Gasteiger partial charge in [-0.1, -0.05) is 32.9 Å². The van der Waals surface area contributed by atoms with Crippen LogP contribution in [0.5, 0.6) is 0 Å². The van der Waals surface area contributed by atoms with Gasteiger partial charge in [-0.15, -0.1) is 0 Å². The Bertz CT molecular complexity index is 643. The standard InChI is InChI=1S/C20H30FN3O/c1-16-9-10-17(12-18(16)21)19(22-14-23(5)6)8-7-11-24(15-25)13-20(2,3)4/h7-12,14,25H,13,15H2,1-6H3/b11-7+,19-8-,22-14?. The molecule has 1 aromatic rings. The van der Waals surface area contributed by atoms with Crippen LogP contribution in [-0.2, 0) is 0 Å². The van der Waals surface area contributed by atoms with Gasteiger partial charge in [0.25, 0.3) is 0 Å². The summed E-state index contributed by atoms with van der Waals surface area (Å²) in [5, 5.41) is 9.48. The minimum Gasteiger partial charge on any atom is -0.376 e. The Labute approximate surface area is 151 Å². The molecule has 0 aliphatic rings. The molecule has 1 N–H and O–H groups in total. The smallest absolute Gasteiger partial charge is 0.126 e. The Morgan fingerprint density at radius 3 is 2.48 bits per heavy atom. The number of hydrogen-bond acceptors (Lipinski definition) is 3. The van der Waals surface area contributed by atoms with Crippen molar-refractivity contribution in [3.05, 3.63) is 53.5 Å². The highest BCUT2D eigenvalue weighted by Crippen LogP contribution is 2.19. The van der Waals surface area contributed by atoms with Crippen LogP contribution in [0.4, 0.5) is 4.39 Å². The molecule has 0 aromatic heterocycles. The van der Waals surface area contributed by atoms with Crippen LogP contribution in [0.3, 0.4) is 0 Å². The molecule has 0 unspecified atom stereocenters. The maximum atomic E-state index is 13.9. The number of hydrogen-bond donors (Lipinski definition) is 1. The second kappa shape index (κ2) is 9.37. The first-order valence-corrected chi connectivity index (χ1v) is 8.33. The summed E-state index contributed by atoms with van der Waals surface area (Å²) in [7, 11) is 3.76. The molecule has 25 heavy (non-hydrogen) atoms. The molecule has 0 aliphatic heterocycles. The first-order chi connectivity index (χ1) is 11.6. The average molecular weight is 347 g/mol. The Balaban J connectivity index is 3.08. The molecule has 1 rings (SSSR count). The highest BCUT2D eigenvalue weighted by atomic mass is 19.1. The third kappa shape index (κ3) is 7.98. The van der Waals surface area contributed by atoms with Crippen LogP contribution in [-0.4, -0.2) is 48.6 Å². The number of benzene rings is 1. The molecule has 0 spiro atoms. The molecule has 4 nitrogen and oxygen atoms in total. The number of aryl methyl sites for hydroxylation is 1. The maximum Gasteiger partial charge on any atom is 0.126 e. The van der Waals surface area contributed by atoms with Gasteiger partial charge in [0.05, 0.1) is 12.0 Å². The van der Waals surface area contributed by atoms with Crippen LogP contribution in [0.1, 0.15) is 31.9 Å². The summed E-state index contributed by atoms with van der Waals surface area (Å²) in [6, 6.07) is 5.08. The minimum atomic E-state index is -0.253. The van der Waals surface area contributed by atoms with Crippen molar-refractivity contribution in [3.8, 4) is 0 Å². The van der Waals surface area contributed by atoms with Crippen molar-refractivity contribution in [1.29, 1.82) is 0 Å². The average Bonchev–Trinajstić information content (AvgIpc) is 2.50. The van der Waals surface area contributed by atoms with Gasteiger partial charge in [-0.25, -0.2) is 9.38 Å². The van der Waals surface area contributed by atoms with Crippen molar-refractivity contribution in [2.24, 2.45) is 10.4 Å². The summed E-state index contributed by atoms with van der Waals surface area (Å²) >= 11 is 0. The number of aliphatic hydroxyl groups excluding tert-OH is 1. The van der Waals surface area contributed by atoms with Crippen molar-refractivity contribution in [3.63, 3.8) is 0 Å². The van der Waals surface area contributed by atoms with Gasteiger partial charge in [-0.2, -0.15) is 0 Å². The van der Waals surface area contributed by atoms with Gasteiger partial charge in [0.2, 0.25) is 0 Å². The quantitative estimate of drug-likeness (QED) is 0.352. The number of aliphatic hydroxyl groups is 1. The Morgan fingerprint density at radius 2 is 1.96 bits per heavy atom. The zero-order valence-electron chi connectivity index (χ0n) is 16.1. The van der Waals surface area contributed by atoms with Gasteiger partial charge in [0.1, 0.15) is 12.5 Å². The van der Waals surface area contributed by atoms with Crippen molar-refractivity contribution in [2.75, 3.05) is 27.4 Å². The molecule has 0 saturated carbocycles. The first-order valence-electron chi connectivity index (χ1n) is 8.33. The highest BCUT2D eigenvalue weighted by molar-refractivity contribution is 5.73. The van der Waals surface area contributed by atoms with Crippen LogP contribution < -0.4 is 0 Å². The summed E-state index contributed by atoms with van der Waals surface area (Å²) in [5.74, 6) is -0.253. The molecule has 0 radical (unpaired) electrons. The summed E-state index contributed by atoms with van der Waals surface area (Å²) in [5.41, 5.74) is 2.03. The van der Waals surface area contributed by atoms with Gasteiger partial charge < -0.3 is 14.9 Å². The number of halogens is 1. The van der Waals surface area contributed by atoms with E-state index in [1.165, 1.54) is 6.07 Å². The SMILES string of the molecule is Cc1ccc(/C(=C/C=C/N(CO)CC(C)(C)C)N=CN(C)C)cc1F. The van der Waals surface area contributed by atoms with Gasteiger partial charge in [-0.05, 0) is 36.1 Å². The summed E-state index contributed by atoms with van der Waals surface area (Å²) in [6.07, 6.45) is 7.13. The fourth-order valence-electron chi connectivity index (χ4n) is 2.16. The zero-order valence-corrected chi connectivity index (χ0v) is 16.1. The zero-order chi connectivity index (χ0) is 19.0. The predicted molar refractivity (Wildman–Crippen MR) is 104 cm³/mol. The van der Waals surface area contributed by atoms with Crippen LogP contribution >= 0.6 is 0 Å². The molecule has 0 saturated heterocycles. The van der Waals surface area contributed by atoms with Crippen molar-refractivity contribution in [2.45, 2.75) is 27.7 Å².